The van der Waals surface area contributed by atoms with E-state index in [1.165, 1.54) is 43.5 Å². The quantitative estimate of drug-likeness (QED) is 0.319. The summed E-state index contributed by atoms with van der Waals surface area (Å²) in [6.45, 7) is 13.0. The van der Waals surface area contributed by atoms with Crippen molar-refractivity contribution in [1.82, 2.24) is 20.4 Å². The number of likely N-dealkylation sites (tertiary alicyclic amines) is 1. The highest BCUT2D eigenvalue weighted by Gasteiger charge is 2.09. The van der Waals surface area contributed by atoms with E-state index in [9.17, 15) is 0 Å². The van der Waals surface area contributed by atoms with Gasteiger partial charge in [0.05, 0.1) is 0 Å². The third kappa shape index (κ3) is 9.25. The zero-order valence-electron chi connectivity index (χ0n) is 17.3. The third-order valence-electron chi connectivity index (χ3n) is 5.14. The topological polar surface area (TPSA) is 42.9 Å². The van der Waals surface area contributed by atoms with E-state index in [1.807, 2.05) is 7.05 Å². The van der Waals surface area contributed by atoms with Gasteiger partial charge in [-0.1, -0.05) is 44.5 Å². The Labute approximate surface area is 183 Å². The van der Waals surface area contributed by atoms with Gasteiger partial charge in [0.25, 0.3) is 0 Å². The number of piperidine rings is 1. The van der Waals surface area contributed by atoms with Crippen LogP contribution in [0, 0.1) is 0 Å². The Morgan fingerprint density at radius 1 is 1.07 bits per heavy atom. The standard InChI is InChI=1S/C21H37N5.HI/c1-4-25(5-2)18-20-11-9-10-19(16-20)17-24-21(22-3)23-12-15-26-13-7-6-8-14-26;/h9-11,16H,4-8,12-15,17-18H2,1-3H3,(H2,22,23,24);1H. The van der Waals surface area contributed by atoms with Crippen molar-refractivity contribution in [1.29, 1.82) is 0 Å². The molecule has 0 bridgehead atoms. The van der Waals surface area contributed by atoms with E-state index in [0.717, 1.165) is 45.2 Å². The molecule has 2 rings (SSSR count). The first-order chi connectivity index (χ1) is 12.7. The van der Waals surface area contributed by atoms with E-state index in [1.54, 1.807) is 0 Å². The van der Waals surface area contributed by atoms with Crippen molar-refractivity contribution < 1.29 is 0 Å². The average molecular weight is 487 g/mol. The van der Waals surface area contributed by atoms with Gasteiger partial charge < -0.3 is 15.5 Å². The zero-order chi connectivity index (χ0) is 18.6. The Morgan fingerprint density at radius 3 is 2.44 bits per heavy atom. The summed E-state index contributed by atoms with van der Waals surface area (Å²) in [4.78, 5) is 9.33. The number of aliphatic imine (C=N–C) groups is 1. The van der Waals surface area contributed by atoms with Gasteiger partial charge in [0.1, 0.15) is 0 Å². The van der Waals surface area contributed by atoms with Gasteiger partial charge >= 0.3 is 0 Å². The molecule has 1 aromatic rings. The van der Waals surface area contributed by atoms with E-state index < -0.39 is 0 Å². The summed E-state index contributed by atoms with van der Waals surface area (Å²) >= 11 is 0. The van der Waals surface area contributed by atoms with Crippen molar-refractivity contribution in [2.75, 3.05) is 46.3 Å². The maximum absolute atomic E-state index is 4.35. The van der Waals surface area contributed by atoms with Gasteiger partial charge in [0, 0.05) is 33.2 Å². The second-order valence-electron chi connectivity index (χ2n) is 7.04. The Hall–Kier alpha value is -0.860. The van der Waals surface area contributed by atoms with Gasteiger partial charge in [-0.3, -0.25) is 9.89 Å². The van der Waals surface area contributed by atoms with Crippen LogP contribution in [0.4, 0.5) is 0 Å². The van der Waals surface area contributed by atoms with Crippen LogP contribution in [-0.4, -0.2) is 62.1 Å². The van der Waals surface area contributed by atoms with Crippen molar-refractivity contribution in [3.05, 3.63) is 35.4 Å². The van der Waals surface area contributed by atoms with Gasteiger partial charge in [-0.05, 0) is 50.1 Å². The molecule has 2 N–H and O–H groups in total. The van der Waals surface area contributed by atoms with Gasteiger partial charge in [0.2, 0.25) is 0 Å². The molecule has 1 aliphatic rings. The lowest BCUT2D eigenvalue weighted by atomic mass is 10.1. The van der Waals surface area contributed by atoms with Crippen LogP contribution >= 0.6 is 24.0 Å². The molecule has 0 aliphatic carbocycles. The molecule has 1 aromatic carbocycles. The van der Waals surface area contributed by atoms with Gasteiger partial charge in [-0.2, -0.15) is 0 Å². The Morgan fingerprint density at radius 2 is 1.78 bits per heavy atom. The van der Waals surface area contributed by atoms with Crippen LogP contribution in [0.3, 0.4) is 0 Å². The second-order valence-corrected chi connectivity index (χ2v) is 7.04. The molecule has 0 radical (unpaired) electrons. The molecule has 0 aromatic heterocycles. The van der Waals surface area contributed by atoms with E-state index >= 15 is 0 Å². The fourth-order valence-corrected chi connectivity index (χ4v) is 3.47. The summed E-state index contributed by atoms with van der Waals surface area (Å²) in [7, 11) is 1.84. The largest absolute Gasteiger partial charge is 0.355 e. The van der Waals surface area contributed by atoms with Crippen LogP contribution in [0.25, 0.3) is 0 Å². The molecular weight excluding hydrogens is 449 g/mol. The summed E-state index contributed by atoms with van der Waals surface area (Å²) in [6.07, 6.45) is 4.08. The van der Waals surface area contributed by atoms with Gasteiger partial charge in [-0.25, -0.2) is 0 Å². The van der Waals surface area contributed by atoms with Crippen LogP contribution < -0.4 is 10.6 Å². The second kappa shape index (κ2) is 14.2. The number of hydrogen-bond acceptors (Lipinski definition) is 3. The lowest BCUT2D eigenvalue weighted by molar-refractivity contribution is 0.232. The van der Waals surface area contributed by atoms with E-state index in [0.29, 0.717) is 0 Å². The fourth-order valence-electron chi connectivity index (χ4n) is 3.47. The minimum atomic E-state index is 0. The van der Waals surface area contributed by atoms with Crippen LogP contribution in [0.5, 0.6) is 0 Å². The summed E-state index contributed by atoms with van der Waals surface area (Å²) in [5.74, 6) is 0.885. The molecule has 1 heterocycles. The zero-order valence-corrected chi connectivity index (χ0v) is 19.7. The molecular formula is C21H38IN5. The number of benzene rings is 1. The number of nitrogens with zero attached hydrogens (tertiary/aromatic N) is 3. The first-order valence-corrected chi connectivity index (χ1v) is 10.2. The summed E-state index contributed by atoms with van der Waals surface area (Å²) in [5.41, 5.74) is 2.68. The Kier molecular flexibility index (Phi) is 12.7. The first kappa shape index (κ1) is 24.2. The minimum absolute atomic E-state index is 0. The highest BCUT2D eigenvalue weighted by molar-refractivity contribution is 14.0. The molecule has 0 atom stereocenters. The number of halogens is 1. The third-order valence-corrected chi connectivity index (χ3v) is 5.14. The van der Waals surface area contributed by atoms with Crippen molar-refractivity contribution in [3.8, 4) is 0 Å². The van der Waals surface area contributed by atoms with E-state index in [-0.39, 0.29) is 24.0 Å². The fraction of sp³-hybridized carbons (Fsp3) is 0.667. The number of hydrogen-bond donors (Lipinski definition) is 2. The number of rotatable bonds is 9. The van der Waals surface area contributed by atoms with Gasteiger partial charge in [-0.15, -0.1) is 24.0 Å². The predicted molar refractivity (Wildman–Crippen MR) is 127 cm³/mol. The normalized spacial score (nSPS) is 15.5. The molecule has 154 valence electrons. The van der Waals surface area contributed by atoms with Gasteiger partial charge in [0.15, 0.2) is 5.96 Å². The summed E-state index contributed by atoms with van der Waals surface area (Å²) in [5, 5.41) is 6.88. The predicted octanol–water partition coefficient (Wildman–Crippen LogP) is 3.30. The Balaban J connectivity index is 0.00000364. The SMILES string of the molecule is CCN(CC)Cc1cccc(CNC(=NC)NCCN2CCCCC2)c1.I. The van der Waals surface area contributed by atoms with Crippen LogP contribution in [0.15, 0.2) is 29.3 Å². The van der Waals surface area contributed by atoms with E-state index in [4.69, 9.17) is 0 Å². The molecule has 27 heavy (non-hydrogen) atoms. The Bertz CT molecular complexity index is 539. The van der Waals surface area contributed by atoms with Crippen molar-refractivity contribution >= 4 is 29.9 Å². The van der Waals surface area contributed by atoms with Crippen molar-refractivity contribution in [2.24, 2.45) is 4.99 Å². The highest BCUT2D eigenvalue weighted by atomic mass is 127. The summed E-state index contributed by atoms with van der Waals surface area (Å²) < 4.78 is 0. The summed E-state index contributed by atoms with van der Waals surface area (Å²) in [6, 6.07) is 8.85. The molecule has 6 heteroatoms. The molecule has 1 saturated heterocycles. The van der Waals surface area contributed by atoms with Crippen LogP contribution in [0.2, 0.25) is 0 Å². The average Bonchev–Trinajstić information content (AvgIpc) is 2.69. The first-order valence-electron chi connectivity index (χ1n) is 10.2. The smallest absolute Gasteiger partial charge is 0.191 e. The van der Waals surface area contributed by atoms with Crippen molar-refractivity contribution in [3.63, 3.8) is 0 Å². The van der Waals surface area contributed by atoms with Crippen LogP contribution in [0.1, 0.15) is 44.2 Å². The monoisotopic (exact) mass is 487 g/mol. The van der Waals surface area contributed by atoms with E-state index in [2.05, 4.69) is 63.5 Å². The lowest BCUT2D eigenvalue weighted by Crippen LogP contribution is -2.42. The molecule has 0 amide bonds. The molecule has 0 saturated carbocycles. The number of nitrogens with one attached hydrogen (secondary N) is 2. The van der Waals surface area contributed by atoms with Crippen LogP contribution in [-0.2, 0) is 13.1 Å². The highest BCUT2D eigenvalue weighted by Crippen LogP contribution is 2.09. The molecule has 0 unspecified atom stereocenters. The maximum Gasteiger partial charge on any atom is 0.191 e. The molecule has 0 spiro atoms. The lowest BCUT2D eigenvalue weighted by Gasteiger charge is -2.26. The molecule has 1 aliphatic heterocycles. The molecule has 5 nitrogen and oxygen atoms in total. The van der Waals surface area contributed by atoms with Crippen molar-refractivity contribution in [2.45, 2.75) is 46.2 Å². The molecule has 1 fully saturated rings. The number of guanidine groups is 1. The minimum Gasteiger partial charge on any atom is -0.355 e. The maximum atomic E-state index is 4.35.